The van der Waals surface area contributed by atoms with E-state index in [9.17, 15) is 0 Å². The van der Waals surface area contributed by atoms with Gasteiger partial charge in [-0.15, -0.1) is 36.2 Å². The van der Waals surface area contributed by atoms with E-state index in [2.05, 4.69) is 39.1 Å². The summed E-state index contributed by atoms with van der Waals surface area (Å²) in [6, 6.07) is 3.08. The molecule has 2 nitrogen and oxygen atoms in total. The van der Waals surface area contributed by atoms with E-state index in [1.165, 1.54) is 48.1 Å². The molecular formula is C15H25BrCl2N2S. The summed E-state index contributed by atoms with van der Waals surface area (Å²) in [5.74, 6) is 0.878. The lowest BCUT2D eigenvalue weighted by Crippen LogP contribution is -2.46. The number of halogens is 3. The van der Waals surface area contributed by atoms with Crippen LogP contribution in [-0.4, -0.2) is 31.1 Å². The molecule has 1 aromatic heterocycles. The molecule has 1 aromatic rings. The lowest BCUT2D eigenvalue weighted by Gasteiger charge is -2.37. The normalized spacial score (nSPS) is 21.6. The summed E-state index contributed by atoms with van der Waals surface area (Å²) in [4.78, 5) is 4.31. The Labute approximate surface area is 153 Å². The zero-order valence-electron chi connectivity index (χ0n) is 12.4. The number of piperazine rings is 1. The number of hydrogen-bond acceptors (Lipinski definition) is 3. The second kappa shape index (κ2) is 9.09. The number of nitrogens with zero attached hydrogens (tertiary/aromatic N) is 1. The molecule has 21 heavy (non-hydrogen) atoms. The third kappa shape index (κ3) is 4.58. The Kier molecular flexibility index (Phi) is 8.54. The van der Waals surface area contributed by atoms with Crippen molar-refractivity contribution in [1.82, 2.24) is 10.2 Å². The number of nitrogens with one attached hydrogen (secondary N) is 1. The second-order valence-corrected chi connectivity index (χ2v) is 8.28. The van der Waals surface area contributed by atoms with Crippen molar-refractivity contribution in [2.24, 2.45) is 5.92 Å². The summed E-state index contributed by atoms with van der Waals surface area (Å²) < 4.78 is 1.32. The molecule has 1 saturated carbocycles. The zero-order valence-corrected chi connectivity index (χ0v) is 16.5. The fraction of sp³-hybridized carbons (Fsp3) is 0.733. The van der Waals surface area contributed by atoms with Crippen LogP contribution in [0.4, 0.5) is 0 Å². The molecule has 0 unspecified atom stereocenters. The summed E-state index contributed by atoms with van der Waals surface area (Å²) in [5.41, 5.74) is 1.40. The molecule has 0 spiro atoms. The van der Waals surface area contributed by atoms with Crippen molar-refractivity contribution >= 4 is 52.1 Å². The Morgan fingerprint density at radius 3 is 2.38 bits per heavy atom. The Morgan fingerprint density at radius 2 is 1.86 bits per heavy atom. The molecule has 1 atom stereocenters. The minimum Gasteiger partial charge on any atom is -0.314 e. The fourth-order valence-corrected chi connectivity index (χ4v) is 5.37. The Morgan fingerprint density at radius 1 is 1.24 bits per heavy atom. The van der Waals surface area contributed by atoms with Gasteiger partial charge in [0, 0.05) is 37.1 Å². The summed E-state index contributed by atoms with van der Waals surface area (Å²) in [6.45, 7) is 6.92. The summed E-state index contributed by atoms with van der Waals surface area (Å²) in [6.07, 6.45) is 5.70. The maximum atomic E-state index is 3.70. The molecule has 1 aliphatic carbocycles. The molecule has 2 heterocycles. The van der Waals surface area contributed by atoms with E-state index in [0.717, 1.165) is 19.0 Å². The molecule has 6 heteroatoms. The largest absolute Gasteiger partial charge is 0.314 e. The van der Waals surface area contributed by atoms with Gasteiger partial charge in [-0.2, -0.15) is 0 Å². The third-order valence-electron chi connectivity index (χ3n) is 4.56. The minimum atomic E-state index is 0. The number of aryl methyl sites for hydroxylation is 1. The first kappa shape index (κ1) is 19.7. The van der Waals surface area contributed by atoms with E-state index < -0.39 is 0 Å². The molecule has 1 saturated heterocycles. The Bertz CT molecular complexity index is 410. The van der Waals surface area contributed by atoms with Crippen LogP contribution in [0.25, 0.3) is 0 Å². The van der Waals surface area contributed by atoms with Crippen LogP contribution in [0, 0.1) is 12.8 Å². The first-order chi connectivity index (χ1) is 9.25. The standard InChI is InChI=1S/C15H23BrN2S.2ClH/c1-11-10-13(19-15(11)16)14(12-4-2-3-5-12)18-8-6-17-7-9-18;;/h10,12,14,17H,2-9H2,1H3;2*1H/t14-;;/m0../s1. The molecule has 0 radical (unpaired) electrons. The maximum absolute atomic E-state index is 3.70. The average molecular weight is 416 g/mol. The van der Waals surface area contributed by atoms with Crippen molar-refractivity contribution in [3.05, 3.63) is 20.3 Å². The molecule has 2 fully saturated rings. The molecule has 0 amide bonds. The molecule has 0 aromatic carbocycles. The quantitative estimate of drug-likeness (QED) is 0.762. The Hall–Kier alpha value is 0.680. The molecule has 122 valence electrons. The van der Waals surface area contributed by atoms with Crippen molar-refractivity contribution in [2.75, 3.05) is 26.2 Å². The summed E-state index contributed by atoms with van der Waals surface area (Å²) in [7, 11) is 0. The predicted octanol–water partition coefficient (Wildman–Crippen LogP) is 4.80. The highest BCUT2D eigenvalue weighted by atomic mass is 79.9. The monoisotopic (exact) mass is 414 g/mol. The van der Waals surface area contributed by atoms with Gasteiger partial charge < -0.3 is 5.32 Å². The van der Waals surface area contributed by atoms with Gasteiger partial charge in [0.25, 0.3) is 0 Å². The SMILES string of the molecule is Cc1cc([C@H](C2CCCC2)N2CCNCC2)sc1Br.Cl.Cl. The van der Waals surface area contributed by atoms with Crippen LogP contribution < -0.4 is 5.32 Å². The average Bonchev–Trinajstić information content (AvgIpc) is 3.03. The van der Waals surface area contributed by atoms with E-state index in [0.29, 0.717) is 6.04 Å². The lowest BCUT2D eigenvalue weighted by molar-refractivity contribution is 0.128. The predicted molar refractivity (Wildman–Crippen MR) is 100 cm³/mol. The van der Waals surface area contributed by atoms with Crippen LogP contribution in [-0.2, 0) is 0 Å². The third-order valence-corrected chi connectivity index (χ3v) is 6.77. The van der Waals surface area contributed by atoms with Crippen molar-refractivity contribution in [2.45, 2.75) is 38.6 Å². The molecule has 3 rings (SSSR count). The van der Waals surface area contributed by atoms with Crippen LogP contribution >= 0.6 is 52.1 Å². The van der Waals surface area contributed by atoms with Crippen LogP contribution in [0.15, 0.2) is 9.85 Å². The van der Waals surface area contributed by atoms with E-state index >= 15 is 0 Å². The lowest BCUT2D eigenvalue weighted by atomic mass is 9.94. The van der Waals surface area contributed by atoms with Gasteiger partial charge in [-0.25, -0.2) is 0 Å². The van der Waals surface area contributed by atoms with Gasteiger partial charge in [0.1, 0.15) is 0 Å². The van der Waals surface area contributed by atoms with E-state index in [-0.39, 0.29) is 24.8 Å². The van der Waals surface area contributed by atoms with Crippen LogP contribution in [0.2, 0.25) is 0 Å². The zero-order chi connectivity index (χ0) is 13.2. The Balaban J connectivity index is 0.00000110. The van der Waals surface area contributed by atoms with Crippen LogP contribution in [0.1, 0.15) is 42.2 Å². The highest BCUT2D eigenvalue weighted by Gasteiger charge is 2.33. The van der Waals surface area contributed by atoms with Crippen LogP contribution in [0.5, 0.6) is 0 Å². The van der Waals surface area contributed by atoms with Crippen molar-refractivity contribution in [3.63, 3.8) is 0 Å². The maximum Gasteiger partial charge on any atom is 0.0731 e. The minimum absolute atomic E-state index is 0. The first-order valence-electron chi connectivity index (χ1n) is 7.46. The highest BCUT2D eigenvalue weighted by molar-refractivity contribution is 9.11. The van der Waals surface area contributed by atoms with Gasteiger partial charge in [0.15, 0.2) is 0 Å². The van der Waals surface area contributed by atoms with Crippen LogP contribution in [0.3, 0.4) is 0 Å². The number of hydrogen-bond donors (Lipinski definition) is 1. The molecule has 0 bridgehead atoms. The molecular weight excluding hydrogens is 391 g/mol. The molecule has 1 N–H and O–H groups in total. The van der Waals surface area contributed by atoms with Gasteiger partial charge in [-0.3, -0.25) is 4.90 Å². The van der Waals surface area contributed by atoms with Gasteiger partial charge in [-0.1, -0.05) is 12.8 Å². The molecule has 2 aliphatic rings. The van der Waals surface area contributed by atoms with E-state index in [1.807, 2.05) is 11.3 Å². The van der Waals surface area contributed by atoms with Crippen molar-refractivity contribution < 1.29 is 0 Å². The van der Waals surface area contributed by atoms with Gasteiger partial charge >= 0.3 is 0 Å². The van der Waals surface area contributed by atoms with Gasteiger partial charge in [-0.05, 0) is 53.2 Å². The van der Waals surface area contributed by atoms with Crippen molar-refractivity contribution in [1.29, 1.82) is 0 Å². The van der Waals surface area contributed by atoms with E-state index in [4.69, 9.17) is 0 Å². The summed E-state index contributed by atoms with van der Waals surface area (Å²) in [5, 5.41) is 3.48. The topological polar surface area (TPSA) is 15.3 Å². The highest BCUT2D eigenvalue weighted by Crippen LogP contribution is 2.43. The van der Waals surface area contributed by atoms with E-state index in [1.54, 1.807) is 4.88 Å². The second-order valence-electron chi connectivity index (χ2n) is 5.88. The summed E-state index contributed by atoms with van der Waals surface area (Å²) >= 11 is 5.66. The fourth-order valence-electron chi connectivity index (χ4n) is 3.57. The van der Waals surface area contributed by atoms with Gasteiger partial charge in [0.05, 0.1) is 3.79 Å². The molecule has 1 aliphatic heterocycles. The smallest absolute Gasteiger partial charge is 0.0731 e. The van der Waals surface area contributed by atoms with Crippen molar-refractivity contribution in [3.8, 4) is 0 Å². The number of thiophene rings is 1. The van der Waals surface area contributed by atoms with Gasteiger partial charge in [0.2, 0.25) is 0 Å². The first-order valence-corrected chi connectivity index (χ1v) is 9.07. The number of rotatable bonds is 3.